The van der Waals surface area contributed by atoms with E-state index in [1.807, 2.05) is 26.8 Å². The van der Waals surface area contributed by atoms with E-state index in [4.69, 9.17) is 4.42 Å². The Morgan fingerprint density at radius 1 is 0.638 bits per heavy atom. The molecule has 17 heteroatoms. The summed E-state index contributed by atoms with van der Waals surface area (Å²) in [7, 11) is -14.7. The van der Waals surface area contributed by atoms with Crippen LogP contribution in [0.2, 0.25) is 0 Å². The molecule has 0 fully saturated rings. The summed E-state index contributed by atoms with van der Waals surface area (Å²) in [6, 6.07) is 13.5. The minimum Gasteiger partial charge on any atom is -0.456 e. The molecule has 1 aliphatic carbocycles. The number of rotatable bonds is 8. The minimum absolute atomic E-state index is 0.00518. The Morgan fingerprint density at radius 2 is 1.28 bits per heavy atom. The van der Waals surface area contributed by atoms with Gasteiger partial charge in [-0.05, 0) is 124 Å². The van der Waals surface area contributed by atoms with Crippen LogP contribution in [-0.2, 0) is 35.1 Å². The monoisotopic (exact) mass is 847 g/mol. The Labute approximate surface area is 336 Å². The highest BCUT2D eigenvalue weighted by Crippen LogP contribution is 2.45. The number of carbonyl (C=O) groups excluding carboxylic acids is 1. The van der Waals surface area contributed by atoms with E-state index in [0.29, 0.717) is 39.1 Å². The van der Waals surface area contributed by atoms with Crippen molar-refractivity contribution in [3.63, 3.8) is 0 Å². The number of amides is 1. The Balaban J connectivity index is 1.75. The highest BCUT2D eigenvalue weighted by atomic mass is 32.2. The van der Waals surface area contributed by atoms with E-state index in [9.17, 15) is 43.7 Å². The van der Waals surface area contributed by atoms with Crippen molar-refractivity contribution in [2.24, 2.45) is 4.99 Å². The van der Waals surface area contributed by atoms with Crippen LogP contribution in [0.25, 0.3) is 33.4 Å². The van der Waals surface area contributed by atoms with Crippen molar-refractivity contribution in [1.29, 1.82) is 0 Å². The molecule has 0 atom stereocenters. The van der Waals surface area contributed by atoms with Crippen LogP contribution in [0.3, 0.4) is 0 Å². The van der Waals surface area contributed by atoms with Crippen LogP contribution in [0.1, 0.15) is 51.4 Å². The summed E-state index contributed by atoms with van der Waals surface area (Å²) in [4.78, 5) is 15.0. The maximum absolute atomic E-state index is 13.1. The molecule has 4 aromatic carbocycles. The van der Waals surface area contributed by atoms with Gasteiger partial charge in [-0.3, -0.25) is 18.5 Å². The molecule has 6 rings (SSSR count). The van der Waals surface area contributed by atoms with E-state index >= 15 is 0 Å². The summed E-state index contributed by atoms with van der Waals surface area (Å²) in [5.41, 5.74) is 6.42. The molecule has 0 bridgehead atoms. The molecular formula is C41H41N3O11S3. The normalized spacial score (nSPS) is 12.7. The lowest BCUT2D eigenvalue weighted by molar-refractivity contribution is -0.114. The second-order valence-corrected chi connectivity index (χ2v) is 18.5. The van der Waals surface area contributed by atoms with Gasteiger partial charge < -0.3 is 15.1 Å². The second kappa shape index (κ2) is 14.7. The smallest absolute Gasteiger partial charge is 0.296 e. The summed E-state index contributed by atoms with van der Waals surface area (Å²) < 4.78 is 115. The quantitative estimate of drug-likeness (QED) is 0.0719. The minimum atomic E-state index is -5.10. The maximum Gasteiger partial charge on any atom is 0.296 e. The zero-order valence-corrected chi connectivity index (χ0v) is 35.4. The zero-order valence-electron chi connectivity index (χ0n) is 33.0. The first-order chi connectivity index (χ1) is 26.8. The molecule has 304 valence electrons. The number of nitrogens with one attached hydrogen (secondary N) is 2. The second-order valence-electron chi connectivity index (χ2n) is 14.4. The number of fused-ring (bicyclic) bond motifs is 2. The Kier molecular flexibility index (Phi) is 10.7. The van der Waals surface area contributed by atoms with E-state index in [-0.39, 0.29) is 56.1 Å². The molecule has 0 radical (unpaired) electrons. The van der Waals surface area contributed by atoms with E-state index in [1.165, 1.54) is 39.0 Å². The van der Waals surface area contributed by atoms with Crippen LogP contribution >= 0.6 is 0 Å². The van der Waals surface area contributed by atoms with Crippen LogP contribution in [0.5, 0.6) is 0 Å². The molecule has 2 aliphatic rings. The van der Waals surface area contributed by atoms with Crippen molar-refractivity contribution in [3.05, 3.63) is 104 Å². The fourth-order valence-corrected chi connectivity index (χ4v) is 9.92. The van der Waals surface area contributed by atoms with E-state index in [2.05, 4.69) is 15.6 Å². The summed E-state index contributed by atoms with van der Waals surface area (Å²) in [6.07, 6.45) is 0. The molecule has 0 aromatic heterocycles. The van der Waals surface area contributed by atoms with Gasteiger partial charge in [0, 0.05) is 58.2 Å². The Hall–Kier alpha value is -5.43. The van der Waals surface area contributed by atoms with Gasteiger partial charge in [-0.15, -0.1) is 0 Å². The van der Waals surface area contributed by atoms with Crippen LogP contribution < -0.4 is 16.0 Å². The molecule has 58 heavy (non-hydrogen) atoms. The Bertz CT molecular complexity index is 3150. The van der Waals surface area contributed by atoms with Crippen LogP contribution in [0, 0.1) is 55.4 Å². The number of hydrogen-bond acceptors (Lipinski definition) is 10. The summed E-state index contributed by atoms with van der Waals surface area (Å²) in [6.45, 7) is 14.9. The van der Waals surface area contributed by atoms with Crippen LogP contribution in [0.15, 0.2) is 78.7 Å². The predicted octanol–water partition coefficient (Wildman–Crippen LogP) is 8.35. The topological polar surface area (TPSA) is 230 Å². The molecular weight excluding hydrogens is 807 g/mol. The molecule has 5 N–H and O–H groups in total. The maximum atomic E-state index is 13.1. The third-order valence-electron chi connectivity index (χ3n) is 10.3. The lowest BCUT2D eigenvalue weighted by Gasteiger charge is -2.21. The summed E-state index contributed by atoms with van der Waals surface area (Å²) in [5.74, 6) is -0.271. The third-order valence-corrected chi connectivity index (χ3v) is 13.2. The first-order valence-corrected chi connectivity index (χ1v) is 22.0. The van der Waals surface area contributed by atoms with Crippen LogP contribution in [-0.4, -0.2) is 44.8 Å². The van der Waals surface area contributed by atoms with Crippen molar-refractivity contribution >= 4 is 70.0 Å². The van der Waals surface area contributed by atoms with Gasteiger partial charge in [0.15, 0.2) is 0 Å². The molecule has 14 nitrogen and oxygen atoms in total. The largest absolute Gasteiger partial charge is 0.456 e. The van der Waals surface area contributed by atoms with Crippen molar-refractivity contribution < 1.29 is 48.1 Å². The number of aryl methyl sites for hydroxylation is 3. The lowest BCUT2D eigenvalue weighted by atomic mass is 9.93. The highest BCUT2D eigenvalue weighted by Gasteiger charge is 2.28. The molecule has 4 aromatic rings. The summed E-state index contributed by atoms with van der Waals surface area (Å²) >= 11 is 0. The summed E-state index contributed by atoms with van der Waals surface area (Å²) in [5, 5.41) is 6.20. The average Bonchev–Trinajstić information content (AvgIpc) is 3.10. The number of benzene rings is 5. The molecule has 1 aliphatic heterocycles. The molecule has 1 heterocycles. The fraction of sp³-hybridized carbons (Fsp3) is 0.220. The SMILES string of the molecule is CC(=O)Nc1c(C)cc(C)c(Nc2ccc3c(-c4ccc(C)cc4S(=O)(=O)O)c4cc(S(=O)(=O)O)c(=Nc5c(C)c(C)c(C)c(S(=O)(=O)O)c5C)cc-4oc3c2)c1C. The van der Waals surface area contributed by atoms with Gasteiger partial charge in [0.05, 0.1) is 11.0 Å². The van der Waals surface area contributed by atoms with E-state index in [0.717, 1.165) is 22.8 Å². The van der Waals surface area contributed by atoms with Crippen molar-refractivity contribution in [3.8, 4) is 22.5 Å². The van der Waals surface area contributed by atoms with Crippen molar-refractivity contribution in [1.82, 2.24) is 0 Å². The average molecular weight is 848 g/mol. The van der Waals surface area contributed by atoms with Gasteiger partial charge in [0.1, 0.15) is 26.0 Å². The predicted molar refractivity (Wildman–Crippen MR) is 221 cm³/mol. The van der Waals surface area contributed by atoms with E-state index in [1.54, 1.807) is 45.0 Å². The third kappa shape index (κ3) is 7.76. The Morgan fingerprint density at radius 3 is 1.88 bits per heavy atom. The number of nitrogens with zero attached hydrogens (tertiary/aromatic N) is 1. The number of carbonyl (C=O) groups is 1. The van der Waals surface area contributed by atoms with Gasteiger partial charge in [-0.2, -0.15) is 25.3 Å². The first kappa shape index (κ1) is 42.2. The van der Waals surface area contributed by atoms with Gasteiger partial charge in [0.25, 0.3) is 30.4 Å². The van der Waals surface area contributed by atoms with Crippen LogP contribution in [0.4, 0.5) is 22.7 Å². The van der Waals surface area contributed by atoms with Gasteiger partial charge in [-0.25, -0.2) is 4.99 Å². The number of anilines is 3. The number of hydrogen-bond donors (Lipinski definition) is 5. The lowest BCUT2D eigenvalue weighted by Crippen LogP contribution is -2.17. The molecule has 0 saturated heterocycles. The van der Waals surface area contributed by atoms with Gasteiger partial charge >= 0.3 is 0 Å². The standard InChI is InChI=1S/C41H41N3O11S3/c1-19-10-12-30(35(14-19)56(46,47)48)37-29-13-11-28(43-39-21(3)15-20(2)38(25(39)7)42-27(9)45)16-33(29)55-34-18-32(36(17-31(34)37)57(49,50)51)44-40-23(5)22(4)24(6)41(26(40)8)58(52,53)54/h10-18,43H,1-9H3,(H,42,45)(H,46,47,48)(H,49,50,51)(H,52,53,54). The zero-order chi connectivity index (χ0) is 43.0. The molecule has 1 amide bonds. The first-order valence-electron chi connectivity index (χ1n) is 17.7. The van der Waals surface area contributed by atoms with Gasteiger partial charge in [0.2, 0.25) is 5.91 Å². The van der Waals surface area contributed by atoms with Crippen molar-refractivity contribution in [2.45, 2.75) is 77.0 Å². The molecule has 0 unspecified atom stereocenters. The highest BCUT2D eigenvalue weighted by molar-refractivity contribution is 7.86. The fourth-order valence-electron chi connectivity index (χ4n) is 7.48. The molecule has 0 saturated carbocycles. The molecule has 0 spiro atoms. The van der Waals surface area contributed by atoms with Crippen molar-refractivity contribution in [2.75, 3.05) is 10.6 Å². The van der Waals surface area contributed by atoms with Gasteiger partial charge in [-0.1, -0.05) is 18.2 Å². The van der Waals surface area contributed by atoms with E-state index < -0.39 is 45.0 Å².